The number of aromatic nitrogens is 2. The van der Waals surface area contributed by atoms with Crippen LogP contribution in [0.4, 0.5) is 5.82 Å². The molecule has 16 heavy (non-hydrogen) atoms. The smallest absolute Gasteiger partial charge is 0.148 e. The van der Waals surface area contributed by atoms with Crippen LogP contribution in [0.1, 0.15) is 6.42 Å². The Morgan fingerprint density at radius 2 is 2.25 bits per heavy atom. The summed E-state index contributed by atoms with van der Waals surface area (Å²) < 4.78 is 0. The molecule has 0 aromatic carbocycles. The molecule has 0 amide bonds. The van der Waals surface area contributed by atoms with Crippen molar-refractivity contribution in [3.63, 3.8) is 0 Å². The average molecular weight is 221 g/mol. The zero-order chi connectivity index (χ0) is 11.1. The molecule has 2 heterocycles. The molecule has 1 aromatic heterocycles. The lowest BCUT2D eigenvalue weighted by atomic mass is 10.3. The predicted octanol–water partition coefficient (Wildman–Crippen LogP) is 0.184. The minimum atomic E-state index is 0.864. The lowest BCUT2D eigenvalue weighted by Crippen LogP contribution is -2.44. The first-order chi connectivity index (χ1) is 7.95. The van der Waals surface area contributed by atoms with Crippen molar-refractivity contribution in [3.05, 3.63) is 18.3 Å². The van der Waals surface area contributed by atoms with E-state index in [0.717, 1.165) is 38.4 Å². The van der Waals surface area contributed by atoms with Crippen molar-refractivity contribution >= 4 is 5.82 Å². The molecule has 1 aliphatic heterocycles. The molecule has 1 fully saturated rings. The number of piperazine rings is 1. The number of hydrogen-bond acceptors (Lipinski definition) is 5. The molecule has 0 unspecified atom stereocenters. The van der Waals surface area contributed by atoms with Crippen LogP contribution in [0.5, 0.6) is 0 Å². The van der Waals surface area contributed by atoms with Gasteiger partial charge >= 0.3 is 0 Å². The summed E-state index contributed by atoms with van der Waals surface area (Å²) in [4.78, 5) is 2.49. The van der Waals surface area contributed by atoms with Crippen LogP contribution in [0.3, 0.4) is 0 Å². The maximum Gasteiger partial charge on any atom is 0.148 e. The van der Waals surface area contributed by atoms with Gasteiger partial charge in [0.15, 0.2) is 0 Å². The largest absolute Gasteiger partial charge is 0.369 e. The van der Waals surface area contributed by atoms with Crippen LogP contribution in [0, 0.1) is 0 Å². The summed E-state index contributed by atoms with van der Waals surface area (Å²) >= 11 is 0. The standard InChI is InChI=1S/C11H19N5/c1-3-11(15-14-5-1)13-4-2-8-16-9-6-12-7-10-16/h1,3,5,12H,2,4,6-10H2,(H,13,15). The topological polar surface area (TPSA) is 53.1 Å². The van der Waals surface area contributed by atoms with Gasteiger partial charge in [-0.15, -0.1) is 5.10 Å². The van der Waals surface area contributed by atoms with Crippen LogP contribution in [-0.2, 0) is 0 Å². The molecule has 0 atom stereocenters. The Kier molecular flexibility index (Phi) is 4.51. The number of anilines is 1. The monoisotopic (exact) mass is 221 g/mol. The van der Waals surface area contributed by atoms with Crippen molar-refractivity contribution in [1.29, 1.82) is 0 Å². The third-order valence-corrected chi connectivity index (χ3v) is 2.74. The van der Waals surface area contributed by atoms with E-state index in [2.05, 4.69) is 25.7 Å². The zero-order valence-corrected chi connectivity index (χ0v) is 9.52. The number of hydrogen-bond donors (Lipinski definition) is 2. The van der Waals surface area contributed by atoms with Gasteiger partial charge in [0.25, 0.3) is 0 Å². The van der Waals surface area contributed by atoms with Gasteiger partial charge in [-0.3, -0.25) is 0 Å². The first kappa shape index (κ1) is 11.3. The highest BCUT2D eigenvalue weighted by molar-refractivity contribution is 5.30. The van der Waals surface area contributed by atoms with Crippen LogP contribution < -0.4 is 10.6 Å². The molecule has 0 radical (unpaired) electrons. The third kappa shape index (κ3) is 3.75. The number of nitrogens with one attached hydrogen (secondary N) is 2. The van der Waals surface area contributed by atoms with Crippen molar-refractivity contribution < 1.29 is 0 Å². The summed E-state index contributed by atoms with van der Waals surface area (Å²) in [6.45, 7) is 6.71. The van der Waals surface area contributed by atoms with Gasteiger partial charge in [0.1, 0.15) is 5.82 Å². The second kappa shape index (κ2) is 6.40. The van der Waals surface area contributed by atoms with Gasteiger partial charge in [-0.2, -0.15) is 5.10 Å². The highest BCUT2D eigenvalue weighted by atomic mass is 15.2. The van der Waals surface area contributed by atoms with E-state index >= 15 is 0 Å². The fourth-order valence-corrected chi connectivity index (χ4v) is 1.85. The molecule has 0 bridgehead atoms. The Morgan fingerprint density at radius 3 is 3.00 bits per heavy atom. The fraction of sp³-hybridized carbons (Fsp3) is 0.636. The molecule has 1 saturated heterocycles. The van der Waals surface area contributed by atoms with Crippen LogP contribution in [0.15, 0.2) is 18.3 Å². The molecule has 5 heteroatoms. The van der Waals surface area contributed by atoms with Gasteiger partial charge < -0.3 is 15.5 Å². The first-order valence-electron chi connectivity index (χ1n) is 5.90. The maximum atomic E-state index is 3.98. The maximum absolute atomic E-state index is 3.98. The predicted molar refractivity (Wildman–Crippen MR) is 64.4 cm³/mol. The van der Waals surface area contributed by atoms with E-state index in [1.165, 1.54) is 13.1 Å². The van der Waals surface area contributed by atoms with Gasteiger partial charge in [0.05, 0.1) is 0 Å². The molecule has 2 rings (SSSR count). The van der Waals surface area contributed by atoms with Crippen LogP contribution in [0.2, 0.25) is 0 Å². The van der Waals surface area contributed by atoms with Gasteiger partial charge in [-0.1, -0.05) is 0 Å². The van der Waals surface area contributed by atoms with Crippen molar-refractivity contribution in [1.82, 2.24) is 20.4 Å². The normalized spacial score (nSPS) is 17.2. The molecule has 88 valence electrons. The molecule has 0 saturated carbocycles. The van der Waals surface area contributed by atoms with Gasteiger partial charge in [0.2, 0.25) is 0 Å². The highest BCUT2D eigenvalue weighted by Gasteiger charge is 2.07. The minimum absolute atomic E-state index is 0.864. The summed E-state index contributed by atoms with van der Waals surface area (Å²) in [6.07, 6.45) is 2.84. The van der Waals surface area contributed by atoms with Gasteiger partial charge in [0, 0.05) is 38.9 Å². The second-order valence-corrected chi connectivity index (χ2v) is 3.98. The summed E-state index contributed by atoms with van der Waals surface area (Å²) in [6, 6.07) is 3.84. The lowest BCUT2D eigenvalue weighted by molar-refractivity contribution is 0.240. The highest BCUT2D eigenvalue weighted by Crippen LogP contribution is 1.99. The van der Waals surface area contributed by atoms with E-state index in [1.54, 1.807) is 6.20 Å². The molecule has 0 spiro atoms. The second-order valence-electron chi connectivity index (χ2n) is 3.98. The Hall–Kier alpha value is -1.20. The van der Waals surface area contributed by atoms with Gasteiger partial charge in [-0.05, 0) is 25.1 Å². The van der Waals surface area contributed by atoms with E-state index in [4.69, 9.17) is 0 Å². The summed E-state index contributed by atoms with van der Waals surface area (Å²) in [5.41, 5.74) is 0. The van der Waals surface area contributed by atoms with Crippen molar-refractivity contribution in [3.8, 4) is 0 Å². The number of nitrogens with zero attached hydrogens (tertiary/aromatic N) is 3. The molecular formula is C11H19N5. The van der Waals surface area contributed by atoms with E-state index < -0.39 is 0 Å². The number of rotatable bonds is 5. The zero-order valence-electron chi connectivity index (χ0n) is 9.52. The Labute approximate surface area is 96.2 Å². The van der Waals surface area contributed by atoms with Crippen molar-refractivity contribution in [2.75, 3.05) is 44.6 Å². The molecular weight excluding hydrogens is 202 g/mol. The summed E-state index contributed by atoms with van der Waals surface area (Å²) in [7, 11) is 0. The fourth-order valence-electron chi connectivity index (χ4n) is 1.85. The SMILES string of the molecule is c1cnnc(NCCCN2CCNCC2)c1. The van der Waals surface area contributed by atoms with Gasteiger partial charge in [-0.25, -0.2) is 0 Å². The molecule has 5 nitrogen and oxygen atoms in total. The van der Waals surface area contributed by atoms with E-state index in [1.807, 2.05) is 12.1 Å². The third-order valence-electron chi connectivity index (χ3n) is 2.74. The minimum Gasteiger partial charge on any atom is -0.369 e. The van der Waals surface area contributed by atoms with Crippen molar-refractivity contribution in [2.24, 2.45) is 0 Å². The van der Waals surface area contributed by atoms with Crippen LogP contribution >= 0.6 is 0 Å². The van der Waals surface area contributed by atoms with Crippen LogP contribution in [0.25, 0.3) is 0 Å². The lowest BCUT2D eigenvalue weighted by Gasteiger charge is -2.27. The Morgan fingerprint density at radius 1 is 1.38 bits per heavy atom. The summed E-state index contributed by atoms with van der Waals surface area (Å²) in [5, 5.41) is 14.4. The molecule has 1 aliphatic rings. The van der Waals surface area contributed by atoms with Crippen LogP contribution in [-0.4, -0.2) is 54.4 Å². The summed E-state index contributed by atoms with van der Waals surface area (Å²) in [5.74, 6) is 0.864. The first-order valence-corrected chi connectivity index (χ1v) is 5.90. The molecule has 1 aromatic rings. The quantitative estimate of drug-likeness (QED) is 0.695. The average Bonchev–Trinajstić information content (AvgIpc) is 2.37. The Balaban J connectivity index is 1.58. The van der Waals surface area contributed by atoms with Crippen molar-refractivity contribution in [2.45, 2.75) is 6.42 Å². The van der Waals surface area contributed by atoms with E-state index in [0.29, 0.717) is 0 Å². The molecule has 2 N–H and O–H groups in total. The van der Waals surface area contributed by atoms with E-state index in [-0.39, 0.29) is 0 Å². The molecule has 0 aliphatic carbocycles. The van der Waals surface area contributed by atoms with E-state index in [9.17, 15) is 0 Å². The Bertz CT molecular complexity index is 284.